The van der Waals surface area contributed by atoms with Crippen molar-refractivity contribution in [2.24, 2.45) is 10.7 Å². The second kappa shape index (κ2) is 4.20. The summed E-state index contributed by atoms with van der Waals surface area (Å²) < 4.78 is 0. The van der Waals surface area contributed by atoms with Crippen LogP contribution in [-0.2, 0) is 0 Å². The molecule has 1 atom stereocenters. The fraction of sp³-hybridized carbons (Fsp3) is 0.909. The van der Waals surface area contributed by atoms with Gasteiger partial charge in [0.1, 0.15) is 0 Å². The number of hydrogen-bond donors (Lipinski definition) is 1. The predicted molar refractivity (Wildman–Crippen MR) is 61.4 cm³/mol. The zero-order valence-electron chi connectivity index (χ0n) is 9.88. The maximum Gasteiger partial charge on any atom is 0.192 e. The van der Waals surface area contributed by atoms with Gasteiger partial charge >= 0.3 is 0 Å². The molecule has 82 valence electrons. The molecule has 0 spiro atoms. The van der Waals surface area contributed by atoms with Crippen molar-refractivity contribution >= 4 is 5.96 Å². The highest BCUT2D eigenvalue weighted by Gasteiger charge is 2.21. The number of hydrogen-bond acceptors (Lipinski definition) is 1. The maximum atomic E-state index is 6.00. The number of nitrogens with zero attached hydrogens (tertiary/aromatic N) is 2. The highest BCUT2D eigenvalue weighted by atomic mass is 15.3. The molecule has 0 aromatic carbocycles. The lowest BCUT2D eigenvalue weighted by atomic mass is 10.0. The first-order chi connectivity index (χ1) is 6.40. The third-order valence-corrected chi connectivity index (χ3v) is 2.55. The second-order valence-corrected chi connectivity index (χ2v) is 5.18. The molecule has 0 radical (unpaired) electrons. The van der Waals surface area contributed by atoms with E-state index in [1.807, 2.05) is 0 Å². The molecule has 0 aromatic heterocycles. The Morgan fingerprint density at radius 2 is 2.00 bits per heavy atom. The molecule has 3 nitrogen and oxygen atoms in total. The van der Waals surface area contributed by atoms with Crippen molar-refractivity contribution in [3.8, 4) is 0 Å². The number of rotatable bonds is 0. The summed E-state index contributed by atoms with van der Waals surface area (Å²) in [6.45, 7) is 9.52. The molecular weight excluding hydrogens is 174 g/mol. The molecule has 1 heterocycles. The van der Waals surface area contributed by atoms with Crippen LogP contribution in [0.1, 0.15) is 47.0 Å². The van der Waals surface area contributed by atoms with E-state index in [2.05, 4.69) is 37.6 Å². The van der Waals surface area contributed by atoms with E-state index in [9.17, 15) is 0 Å². The second-order valence-electron chi connectivity index (χ2n) is 5.18. The Kier molecular flexibility index (Phi) is 3.40. The van der Waals surface area contributed by atoms with Crippen LogP contribution >= 0.6 is 0 Å². The molecule has 14 heavy (non-hydrogen) atoms. The molecule has 0 saturated carbocycles. The molecule has 1 aliphatic rings. The fourth-order valence-corrected chi connectivity index (χ4v) is 1.85. The van der Waals surface area contributed by atoms with E-state index < -0.39 is 0 Å². The van der Waals surface area contributed by atoms with Crippen LogP contribution in [0, 0.1) is 0 Å². The molecule has 2 N–H and O–H groups in total. The van der Waals surface area contributed by atoms with Crippen molar-refractivity contribution < 1.29 is 0 Å². The summed E-state index contributed by atoms with van der Waals surface area (Å²) in [7, 11) is 0. The minimum atomic E-state index is -0.0682. The van der Waals surface area contributed by atoms with Gasteiger partial charge in [-0.2, -0.15) is 0 Å². The van der Waals surface area contributed by atoms with Gasteiger partial charge in [-0.3, -0.25) is 0 Å². The van der Waals surface area contributed by atoms with E-state index in [0.29, 0.717) is 12.0 Å². The van der Waals surface area contributed by atoms with Gasteiger partial charge in [0.15, 0.2) is 5.96 Å². The van der Waals surface area contributed by atoms with Crippen LogP contribution < -0.4 is 5.73 Å². The van der Waals surface area contributed by atoms with Gasteiger partial charge in [0.25, 0.3) is 0 Å². The highest BCUT2D eigenvalue weighted by molar-refractivity contribution is 5.78. The molecular formula is C11H23N3. The molecule has 1 aliphatic heterocycles. The van der Waals surface area contributed by atoms with Gasteiger partial charge in [-0.05, 0) is 47.0 Å². The van der Waals surface area contributed by atoms with Crippen molar-refractivity contribution in [1.82, 2.24) is 4.90 Å². The molecule has 0 bridgehead atoms. The van der Waals surface area contributed by atoms with Crippen molar-refractivity contribution in [3.63, 3.8) is 0 Å². The Bertz CT molecular complexity index is 215. The first kappa shape index (κ1) is 11.3. The standard InChI is InChI=1S/C11H23N3/c1-9-7-5-6-8-14(9)10(12)13-11(2,3)4/h9H,5-8H2,1-4H3,(H2,12,13). The molecule has 1 fully saturated rings. The molecule has 1 saturated heterocycles. The molecule has 3 heteroatoms. The van der Waals surface area contributed by atoms with Crippen LogP contribution in [0.2, 0.25) is 0 Å². The Hall–Kier alpha value is -0.730. The van der Waals surface area contributed by atoms with Crippen LogP contribution in [0.4, 0.5) is 0 Å². The normalized spacial score (nSPS) is 25.3. The van der Waals surface area contributed by atoms with E-state index in [0.717, 1.165) is 6.54 Å². The van der Waals surface area contributed by atoms with Gasteiger partial charge in [0, 0.05) is 12.6 Å². The van der Waals surface area contributed by atoms with Crippen molar-refractivity contribution in [1.29, 1.82) is 0 Å². The van der Waals surface area contributed by atoms with Crippen molar-refractivity contribution in [2.45, 2.75) is 58.5 Å². The van der Waals surface area contributed by atoms with E-state index in [-0.39, 0.29) is 5.54 Å². The molecule has 0 amide bonds. The van der Waals surface area contributed by atoms with Gasteiger partial charge in [-0.25, -0.2) is 4.99 Å². The van der Waals surface area contributed by atoms with Crippen LogP contribution in [-0.4, -0.2) is 29.0 Å². The van der Waals surface area contributed by atoms with Gasteiger partial charge in [0.2, 0.25) is 0 Å². The van der Waals surface area contributed by atoms with Gasteiger partial charge in [-0.1, -0.05) is 0 Å². The number of piperidine rings is 1. The van der Waals surface area contributed by atoms with Gasteiger partial charge < -0.3 is 10.6 Å². The van der Waals surface area contributed by atoms with Crippen LogP contribution in [0.3, 0.4) is 0 Å². The Balaban J connectivity index is 2.67. The summed E-state index contributed by atoms with van der Waals surface area (Å²) in [5.41, 5.74) is 5.93. The summed E-state index contributed by atoms with van der Waals surface area (Å²) in [5, 5.41) is 0. The lowest BCUT2D eigenvalue weighted by Gasteiger charge is -2.35. The van der Waals surface area contributed by atoms with E-state index in [1.165, 1.54) is 19.3 Å². The summed E-state index contributed by atoms with van der Waals surface area (Å²) >= 11 is 0. The Morgan fingerprint density at radius 1 is 1.36 bits per heavy atom. The average Bonchev–Trinajstić information content (AvgIpc) is 2.01. The van der Waals surface area contributed by atoms with E-state index >= 15 is 0 Å². The van der Waals surface area contributed by atoms with Gasteiger partial charge in [0.05, 0.1) is 5.54 Å². The van der Waals surface area contributed by atoms with E-state index in [1.54, 1.807) is 0 Å². The smallest absolute Gasteiger partial charge is 0.192 e. The molecule has 1 unspecified atom stereocenters. The van der Waals surface area contributed by atoms with E-state index in [4.69, 9.17) is 5.73 Å². The van der Waals surface area contributed by atoms with Crippen molar-refractivity contribution in [2.75, 3.05) is 6.54 Å². The Morgan fingerprint density at radius 3 is 2.50 bits per heavy atom. The van der Waals surface area contributed by atoms with Crippen molar-refractivity contribution in [3.05, 3.63) is 0 Å². The lowest BCUT2D eigenvalue weighted by molar-refractivity contribution is 0.253. The summed E-state index contributed by atoms with van der Waals surface area (Å²) in [4.78, 5) is 6.73. The van der Waals surface area contributed by atoms with Crippen LogP contribution in [0.15, 0.2) is 4.99 Å². The zero-order chi connectivity index (χ0) is 10.8. The number of guanidine groups is 1. The molecule has 0 aliphatic carbocycles. The third kappa shape index (κ3) is 3.20. The Labute approximate surface area is 87.4 Å². The lowest BCUT2D eigenvalue weighted by Crippen LogP contribution is -2.47. The monoisotopic (exact) mass is 197 g/mol. The van der Waals surface area contributed by atoms with Crippen LogP contribution in [0.5, 0.6) is 0 Å². The number of likely N-dealkylation sites (tertiary alicyclic amines) is 1. The predicted octanol–water partition coefficient (Wildman–Crippen LogP) is 1.97. The summed E-state index contributed by atoms with van der Waals surface area (Å²) in [5.74, 6) is 0.713. The van der Waals surface area contributed by atoms with Crippen LogP contribution in [0.25, 0.3) is 0 Å². The molecule has 1 rings (SSSR count). The molecule has 0 aromatic rings. The maximum absolute atomic E-state index is 6.00. The highest BCUT2D eigenvalue weighted by Crippen LogP contribution is 2.17. The largest absolute Gasteiger partial charge is 0.370 e. The third-order valence-electron chi connectivity index (χ3n) is 2.55. The average molecular weight is 197 g/mol. The number of aliphatic imine (C=N–C) groups is 1. The van der Waals surface area contributed by atoms with Gasteiger partial charge in [-0.15, -0.1) is 0 Å². The summed E-state index contributed by atoms with van der Waals surface area (Å²) in [6, 6.07) is 0.551. The fourth-order valence-electron chi connectivity index (χ4n) is 1.85. The minimum Gasteiger partial charge on any atom is -0.370 e. The quantitative estimate of drug-likeness (QED) is 0.476. The summed E-state index contributed by atoms with van der Waals surface area (Å²) in [6.07, 6.45) is 3.80. The first-order valence-electron chi connectivity index (χ1n) is 5.52. The first-order valence-corrected chi connectivity index (χ1v) is 5.52. The topological polar surface area (TPSA) is 41.6 Å². The number of nitrogens with two attached hydrogens (primary N) is 1. The minimum absolute atomic E-state index is 0.0682. The SMILES string of the molecule is CC1CCCCN1C(N)=NC(C)(C)C. The zero-order valence-corrected chi connectivity index (χ0v) is 9.88.